The van der Waals surface area contributed by atoms with Gasteiger partial charge < -0.3 is 14.5 Å². The van der Waals surface area contributed by atoms with E-state index in [1.807, 2.05) is 30.0 Å². The normalized spacial score (nSPS) is 16.6. The van der Waals surface area contributed by atoms with E-state index in [4.69, 9.17) is 9.72 Å². The molecule has 1 aliphatic carbocycles. The summed E-state index contributed by atoms with van der Waals surface area (Å²) in [6, 6.07) is 12.4. The highest BCUT2D eigenvalue weighted by molar-refractivity contribution is 7.22. The van der Waals surface area contributed by atoms with Crippen LogP contribution in [0.5, 0.6) is 5.75 Å². The van der Waals surface area contributed by atoms with Crippen molar-refractivity contribution in [2.24, 2.45) is 0 Å². The zero-order valence-electron chi connectivity index (χ0n) is 17.4. The molecular formula is C24H27N3O2S. The molecule has 1 aromatic heterocycles. The first-order valence-electron chi connectivity index (χ1n) is 10.9. The number of fused-ring (bicyclic) bond motifs is 2. The molecule has 1 aliphatic heterocycles. The fourth-order valence-corrected chi connectivity index (χ4v) is 5.48. The maximum absolute atomic E-state index is 13.0. The summed E-state index contributed by atoms with van der Waals surface area (Å²) >= 11 is 1.70. The van der Waals surface area contributed by atoms with Crippen LogP contribution in [0.2, 0.25) is 0 Å². The molecule has 0 atom stereocenters. The quantitative estimate of drug-likeness (QED) is 0.621. The van der Waals surface area contributed by atoms with Crippen LogP contribution in [0.3, 0.4) is 0 Å². The molecule has 3 aromatic rings. The van der Waals surface area contributed by atoms with Crippen LogP contribution in [0.25, 0.3) is 10.2 Å². The number of rotatable bonds is 4. The SMILES string of the molecule is CCOc1ccc2nc(N3CCN(C(=O)c4ccc5c(c4)CCCC5)CC3)sc2c1. The smallest absolute Gasteiger partial charge is 0.253 e. The van der Waals surface area contributed by atoms with Crippen LogP contribution < -0.4 is 9.64 Å². The highest BCUT2D eigenvalue weighted by atomic mass is 32.1. The van der Waals surface area contributed by atoms with Crippen molar-refractivity contribution < 1.29 is 9.53 Å². The fourth-order valence-electron chi connectivity index (χ4n) is 4.43. The Balaban J connectivity index is 1.26. The maximum atomic E-state index is 13.0. The van der Waals surface area contributed by atoms with Gasteiger partial charge in [0.1, 0.15) is 5.75 Å². The van der Waals surface area contributed by atoms with E-state index < -0.39 is 0 Å². The lowest BCUT2D eigenvalue weighted by Crippen LogP contribution is -2.48. The Hall–Kier alpha value is -2.60. The summed E-state index contributed by atoms with van der Waals surface area (Å²) < 4.78 is 6.75. The third kappa shape index (κ3) is 3.76. The molecule has 1 saturated heterocycles. The number of carbonyl (C=O) groups excluding carboxylic acids is 1. The van der Waals surface area contributed by atoms with Crippen molar-refractivity contribution in [3.63, 3.8) is 0 Å². The molecular weight excluding hydrogens is 394 g/mol. The Kier molecular flexibility index (Phi) is 5.34. The Morgan fingerprint density at radius 3 is 2.63 bits per heavy atom. The number of nitrogens with zero attached hydrogens (tertiary/aromatic N) is 3. The molecule has 0 bridgehead atoms. The molecule has 2 heterocycles. The van der Waals surface area contributed by atoms with Crippen molar-refractivity contribution in [2.45, 2.75) is 32.6 Å². The van der Waals surface area contributed by atoms with Crippen LogP contribution in [0, 0.1) is 0 Å². The Labute approximate surface area is 181 Å². The molecule has 156 valence electrons. The van der Waals surface area contributed by atoms with E-state index >= 15 is 0 Å². The zero-order chi connectivity index (χ0) is 20.5. The third-order valence-corrected chi connectivity index (χ3v) is 7.17. The van der Waals surface area contributed by atoms with E-state index in [1.54, 1.807) is 11.3 Å². The molecule has 0 spiro atoms. The van der Waals surface area contributed by atoms with Gasteiger partial charge in [-0.15, -0.1) is 0 Å². The molecule has 5 rings (SSSR count). The summed E-state index contributed by atoms with van der Waals surface area (Å²) in [5.41, 5.74) is 4.64. The third-order valence-electron chi connectivity index (χ3n) is 6.09. The van der Waals surface area contributed by atoms with Crippen molar-refractivity contribution in [2.75, 3.05) is 37.7 Å². The molecule has 30 heavy (non-hydrogen) atoms. The molecule has 5 nitrogen and oxygen atoms in total. The second-order valence-corrected chi connectivity index (χ2v) is 9.04. The topological polar surface area (TPSA) is 45.7 Å². The number of thiazole rings is 1. The number of amides is 1. The predicted molar refractivity (Wildman–Crippen MR) is 122 cm³/mol. The summed E-state index contributed by atoms with van der Waals surface area (Å²) in [6.45, 7) is 5.75. The minimum atomic E-state index is 0.161. The van der Waals surface area contributed by atoms with E-state index in [-0.39, 0.29) is 5.91 Å². The minimum absolute atomic E-state index is 0.161. The summed E-state index contributed by atoms with van der Waals surface area (Å²) in [6.07, 6.45) is 4.75. The summed E-state index contributed by atoms with van der Waals surface area (Å²) in [5.74, 6) is 1.05. The molecule has 0 saturated carbocycles. The van der Waals surface area contributed by atoms with Gasteiger partial charge in [-0.2, -0.15) is 0 Å². The fraction of sp³-hybridized carbons (Fsp3) is 0.417. The first-order valence-corrected chi connectivity index (χ1v) is 11.7. The average molecular weight is 422 g/mol. The first kappa shape index (κ1) is 19.4. The van der Waals surface area contributed by atoms with Crippen molar-refractivity contribution in [3.05, 3.63) is 53.1 Å². The number of hydrogen-bond acceptors (Lipinski definition) is 5. The summed E-state index contributed by atoms with van der Waals surface area (Å²) in [5, 5.41) is 1.03. The van der Waals surface area contributed by atoms with Crippen LogP contribution in [-0.2, 0) is 12.8 Å². The number of anilines is 1. The number of benzene rings is 2. The van der Waals surface area contributed by atoms with Gasteiger partial charge in [-0.3, -0.25) is 4.79 Å². The highest BCUT2D eigenvalue weighted by Crippen LogP contribution is 2.32. The number of ether oxygens (including phenoxy) is 1. The lowest BCUT2D eigenvalue weighted by molar-refractivity contribution is 0.0746. The molecule has 1 amide bonds. The standard InChI is InChI=1S/C24H27N3O2S/c1-2-29-20-9-10-21-22(16-20)30-24(25-21)27-13-11-26(12-14-27)23(28)19-8-7-17-5-3-4-6-18(17)15-19/h7-10,15-16H,2-6,11-14H2,1H3. The molecule has 0 unspecified atom stereocenters. The van der Waals surface area contributed by atoms with Crippen LogP contribution in [0.15, 0.2) is 36.4 Å². The number of aryl methyl sites for hydroxylation is 2. The van der Waals surface area contributed by atoms with E-state index in [0.717, 1.165) is 65.7 Å². The van der Waals surface area contributed by atoms with Crippen molar-refractivity contribution in [1.82, 2.24) is 9.88 Å². The molecule has 2 aliphatic rings. The summed E-state index contributed by atoms with van der Waals surface area (Å²) in [4.78, 5) is 22.1. The van der Waals surface area contributed by atoms with Gasteiger partial charge in [0, 0.05) is 31.7 Å². The molecule has 0 N–H and O–H groups in total. The van der Waals surface area contributed by atoms with Gasteiger partial charge in [-0.05, 0) is 74.1 Å². The van der Waals surface area contributed by atoms with E-state index in [2.05, 4.69) is 23.1 Å². The molecule has 2 aromatic carbocycles. The van der Waals surface area contributed by atoms with Crippen molar-refractivity contribution >= 4 is 32.6 Å². The number of hydrogen-bond donors (Lipinski definition) is 0. The molecule has 1 fully saturated rings. The van der Waals surface area contributed by atoms with E-state index in [1.165, 1.54) is 24.0 Å². The predicted octanol–water partition coefficient (Wildman–Crippen LogP) is 4.54. The van der Waals surface area contributed by atoms with E-state index in [0.29, 0.717) is 6.61 Å². The van der Waals surface area contributed by atoms with Crippen LogP contribution in [0.1, 0.15) is 41.3 Å². The van der Waals surface area contributed by atoms with Crippen LogP contribution >= 0.6 is 11.3 Å². The van der Waals surface area contributed by atoms with Crippen LogP contribution in [0.4, 0.5) is 5.13 Å². The number of piperazine rings is 1. The molecule has 0 radical (unpaired) electrons. The van der Waals surface area contributed by atoms with Crippen molar-refractivity contribution in [3.8, 4) is 5.75 Å². The van der Waals surface area contributed by atoms with Gasteiger partial charge >= 0.3 is 0 Å². The second-order valence-electron chi connectivity index (χ2n) is 8.03. The Morgan fingerprint density at radius 2 is 1.83 bits per heavy atom. The van der Waals surface area contributed by atoms with E-state index in [9.17, 15) is 4.79 Å². The second kappa shape index (κ2) is 8.26. The lowest BCUT2D eigenvalue weighted by atomic mass is 9.90. The average Bonchev–Trinajstić information content (AvgIpc) is 3.22. The van der Waals surface area contributed by atoms with Gasteiger partial charge in [-0.25, -0.2) is 4.98 Å². The number of carbonyl (C=O) groups is 1. The van der Waals surface area contributed by atoms with Crippen molar-refractivity contribution in [1.29, 1.82) is 0 Å². The Bertz CT molecular complexity index is 1070. The van der Waals surface area contributed by atoms with Gasteiger partial charge in [0.05, 0.1) is 16.8 Å². The van der Waals surface area contributed by atoms with Gasteiger partial charge in [0.15, 0.2) is 5.13 Å². The van der Waals surface area contributed by atoms with Gasteiger partial charge in [0.25, 0.3) is 5.91 Å². The Morgan fingerprint density at radius 1 is 1.03 bits per heavy atom. The largest absolute Gasteiger partial charge is 0.494 e. The van der Waals surface area contributed by atoms with Gasteiger partial charge in [0.2, 0.25) is 0 Å². The summed E-state index contributed by atoms with van der Waals surface area (Å²) in [7, 11) is 0. The number of aromatic nitrogens is 1. The van der Waals surface area contributed by atoms with Crippen LogP contribution in [-0.4, -0.2) is 48.6 Å². The highest BCUT2D eigenvalue weighted by Gasteiger charge is 2.24. The first-order chi connectivity index (χ1) is 14.7. The lowest BCUT2D eigenvalue weighted by Gasteiger charge is -2.34. The minimum Gasteiger partial charge on any atom is -0.494 e. The maximum Gasteiger partial charge on any atom is 0.253 e. The monoisotopic (exact) mass is 421 g/mol. The van der Waals surface area contributed by atoms with Gasteiger partial charge in [-0.1, -0.05) is 17.4 Å². The zero-order valence-corrected chi connectivity index (χ0v) is 18.2. The molecule has 6 heteroatoms.